The van der Waals surface area contributed by atoms with E-state index in [1.165, 1.54) is 30.2 Å². The predicted octanol–water partition coefficient (Wildman–Crippen LogP) is 1.64. The number of carbonyl (C=O) groups is 1. The molecule has 1 aromatic heterocycles. The zero-order valence-electron chi connectivity index (χ0n) is 14.2. The van der Waals surface area contributed by atoms with Crippen molar-refractivity contribution in [3.63, 3.8) is 0 Å². The van der Waals surface area contributed by atoms with E-state index in [0.717, 1.165) is 5.56 Å². The molecule has 1 aromatic carbocycles. The van der Waals surface area contributed by atoms with E-state index >= 15 is 0 Å². The van der Waals surface area contributed by atoms with Crippen molar-refractivity contribution in [2.24, 2.45) is 0 Å². The van der Waals surface area contributed by atoms with E-state index in [1.807, 2.05) is 6.92 Å². The number of hydrogen-bond acceptors (Lipinski definition) is 6. The molecule has 2 N–H and O–H groups in total. The standard InChI is InChI=1S/C9H12O3S.C7H8ClN2O2/c1-6-4-7(2)9(8(3)5-6)13(10,11)12;1-12-7(11)5-2-6(8)4-10(9)3-5/h4-5H,1-3H3,(H,10,11,12);2-4H,9H2,1H3/q;+1/p-1. The van der Waals surface area contributed by atoms with Crippen molar-refractivity contribution in [3.8, 4) is 0 Å². The molecule has 136 valence electrons. The highest BCUT2D eigenvalue weighted by Gasteiger charge is 2.11. The summed E-state index contributed by atoms with van der Waals surface area (Å²) in [6.07, 6.45) is 2.91. The van der Waals surface area contributed by atoms with Gasteiger partial charge in [-0.1, -0.05) is 34.0 Å². The van der Waals surface area contributed by atoms with Gasteiger partial charge in [-0.15, -0.1) is 0 Å². The summed E-state index contributed by atoms with van der Waals surface area (Å²) in [6.45, 7) is 5.12. The molecule has 0 atom stereocenters. The second-order valence-electron chi connectivity index (χ2n) is 5.36. The Hall–Kier alpha value is -2.16. The fraction of sp³-hybridized carbons (Fsp3) is 0.250. The number of esters is 1. The fourth-order valence-corrected chi connectivity index (χ4v) is 3.49. The highest BCUT2D eigenvalue weighted by atomic mass is 35.5. The zero-order chi connectivity index (χ0) is 19.4. The van der Waals surface area contributed by atoms with Crippen LogP contribution in [0.5, 0.6) is 0 Å². The second kappa shape index (κ2) is 8.28. The zero-order valence-corrected chi connectivity index (χ0v) is 15.8. The molecule has 0 fully saturated rings. The Bertz CT molecular complexity index is 854. The maximum absolute atomic E-state index is 11.0. The molecule has 0 saturated heterocycles. The lowest BCUT2D eigenvalue weighted by molar-refractivity contribution is -0.638. The lowest BCUT2D eigenvalue weighted by Gasteiger charge is -2.14. The number of ether oxygens (including phenoxy) is 1. The topological polar surface area (TPSA) is 113 Å². The summed E-state index contributed by atoms with van der Waals surface area (Å²) in [5.74, 6) is 4.91. The van der Waals surface area contributed by atoms with E-state index in [-0.39, 0.29) is 4.90 Å². The van der Waals surface area contributed by atoms with Crippen molar-refractivity contribution in [1.29, 1.82) is 0 Å². The van der Waals surface area contributed by atoms with Crippen molar-refractivity contribution in [3.05, 3.63) is 57.9 Å². The van der Waals surface area contributed by atoms with Gasteiger partial charge in [0.1, 0.15) is 20.7 Å². The lowest BCUT2D eigenvalue weighted by atomic mass is 10.1. The van der Waals surface area contributed by atoms with E-state index in [4.69, 9.17) is 17.4 Å². The Kier molecular flexibility index (Phi) is 6.92. The van der Waals surface area contributed by atoms with E-state index in [9.17, 15) is 17.8 Å². The summed E-state index contributed by atoms with van der Waals surface area (Å²) in [4.78, 5) is 10.9. The van der Waals surface area contributed by atoms with Crippen molar-refractivity contribution in [2.45, 2.75) is 25.7 Å². The minimum atomic E-state index is -4.33. The molecular formula is C16H19ClN2O5S. The third-order valence-corrected chi connectivity index (χ3v) is 4.48. The molecule has 0 unspecified atom stereocenters. The highest BCUT2D eigenvalue weighted by molar-refractivity contribution is 7.85. The average Bonchev–Trinajstić information content (AvgIpc) is 2.43. The Morgan fingerprint density at radius 1 is 1.16 bits per heavy atom. The number of nitrogens with zero attached hydrogens (tertiary/aromatic N) is 1. The summed E-state index contributed by atoms with van der Waals surface area (Å²) in [7, 11) is -3.04. The average molecular weight is 387 g/mol. The monoisotopic (exact) mass is 386 g/mol. The van der Waals surface area contributed by atoms with E-state index in [2.05, 4.69) is 4.74 Å². The number of hydrogen-bond donors (Lipinski definition) is 1. The first-order chi connectivity index (χ1) is 11.5. The molecule has 0 radical (unpaired) electrons. The van der Waals surface area contributed by atoms with Crippen LogP contribution >= 0.6 is 11.6 Å². The van der Waals surface area contributed by atoms with Crippen molar-refractivity contribution in [1.82, 2.24) is 0 Å². The van der Waals surface area contributed by atoms with Crippen molar-refractivity contribution < 1.29 is 27.2 Å². The number of nitrogen functional groups attached to an aromatic ring is 1. The van der Waals surface area contributed by atoms with Crippen LogP contribution in [0.3, 0.4) is 0 Å². The number of halogens is 1. The highest BCUT2D eigenvalue weighted by Crippen LogP contribution is 2.20. The summed E-state index contributed by atoms with van der Waals surface area (Å²) >= 11 is 5.64. The first-order valence-electron chi connectivity index (χ1n) is 7.04. The number of aromatic nitrogens is 1. The second-order valence-corrected chi connectivity index (χ2v) is 7.12. The maximum Gasteiger partial charge on any atom is 0.344 e. The molecule has 1 heterocycles. The maximum atomic E-state index is 11.0. The number of nitrogens with two attached hydrogens (primary N) is 1. The van der Waals surface area contributed by atoms with Gasteiger partial charge in [0.25, 0.3) is 0 Å². The minimum absolute atomic E-state index is 0.0851. The van der Waals surface area contributed by atoms with Crippen LogP contribution in [0.2, 0.25) is 5.02 Å². The van der Waals surface area contributed by atoms with Crippen LogP contribution in [0.25, 0.3) is 0 Å². The van der Waals surface area contributed by atoms with Gasteiger partial charge in [0.15, 0.2) is 0 Å². The van der Waals surface area contributed by atoms with Crippen LogP contribution < -0.4 is 10.5 Å². The van der Waals surface area contributed by atoms with Crippen LogP contribution in [0.4, 0.5) is 0 Å². The smallest absolute Gasteiger partial charge is 0.344 e. The molecule has 0 spiro atoms. The van der Waals surface area contributed by atoms with Crippen LogP contribution in [-0.2, 0) is 14.9 Å². The third-order valence-electron chi connectivity index (χ3n) is 3.13. The van der Waals surface area contributed by atoms with Crippen LogP contribution in [0.15, 0.2) is 35.5 Å². The van der Waals surface area contributed by atoms with Gasteiger partial charge in [-0.3, -0.25) is 0 Å². The Balaban J connectivity index is 0.000000251. The van der Waals surface area contributed by atoms with Crippen LogP contribution in [0, 0.1) is 20.8 Å². The fourth-order valence-electron chi connectivity index (χ4n) is 2.35. The van der Waals surface area contributed by atoms with Crippen molar-refractivity contribution in [2.75, 3.05) is 13.0 Å². The molecule has 7 nitrogen and oxygen atoms in total. The number of methoxy groups -OCH3 is 1. The Labute approximate surface area is 151 Å². The summed E-state index contributed by atoms with van der Waals surface area (Å²) < 4.78 is 38.2. The third kappa shape index (κ3) is 6.00. The molecule has 0 bridgehead atoms. The van der Waals surface area contributed by atoms with Crippen LogP contribution in [0.1, 0.15) is 27.0 Å². The normalized spacial score (nSPS) is 10.6. The van der Waals surface area contributed by atoms with Gasteiger partial charge >= 0.3 is 5.97 Å². The number of carbonyl (C=O) groups excluding carboxylic acids is 1. The summed E-state index contributed by atoms with van der Waals surface area (Å²) in [5, 5.41) is 0.389. The van der Waals surface area contributed by atoms with Crippen LogP contribution in [-0.4, -0.2) is 26.0 Å². The van der Waals surface area contributed by atoms with Gasteiger partial charge < -0.3 is 9.29 Å². The molecule has 0 aliphatic rings. The quantitative estimate of drug-likeness (QED) is 0.363. The molecule has 0 aliphatic heterocycles. The summed E-state index contributed by atoms with van der Waals surface area (Å²) in [5.41, 5.74) is 2.33. The molecule has 25 heavy (non-hydrogen) atoms. The minimum Gasteiger partial charge on any atom is -0.744 e. The Morgan fingerprint density at radius 3 is 2.08 bits per heavy atom. The van der Waals surface area contributed by atoms with E-state index < -0.39 is 16.1 Å². The van der Waals surface area contributed by atoms with Gasteiger partial charge in [-0.25, -0.2) is 19.1 Å². The predicted molar refractivity (Wildman–Crippen MR) is 91.8 cm³/mol. The lowest BCUT2D eigenvalue weighted by Crippen LogP contribution is -2.44. The first kappa shape index (κ1) is 20.9. The first-order valence-corrected chi connectivity index (χ1v) is 8.83. The molecule has 2 rings (SSSR count). The van der Waals surface area contributed by atoms with E-state index in [1.54, 1.807) is 26.0 Å². The number of benzene rings is 1. The SMILES string of the molecule is COC(=O)c1cc(Cl)c[n+](N)c1.Cc1cc(C)c(S(=O)(=O)[O-])c(C)c1. The number of aryl methyl sites for hydroxylation is 3. The van der Waals surface area contributed by atoms with Gasteiger partial charge in [0.2, 0.25) is 12.4 Å². The molecule has 0 amide bonds. The van der Waals surface area contributed by atoms with E-state index in [0.29, 0.717) is 21.7 Å². The summed E-state index contributed by atoms with van der Waals surface area (Å²) in [6, 6.07) is 4.87. The van der Waals surface area contributed by atoms with Gasteiger partial charge in [-0.2, -0.15) is 0 Å². The largest absolute Gasteiger partial charge is 0.744 e. The van der Waals surface area contributed by atoms with Gasteiger partial charge in [0, 0.05) is 0 Å². The number of rotatable bonds is 2. The molecule has 0 aliphatic carbocycles. The number of pyridine rings is 1. The molecule has 0 saturated carbocycles. The molecular weight excluding hydrogens is 368 g/mol. The van der Waals surface area contributed by atoms with Crippen molar-refractivity contribution >= 4 is 27.7 Å². The Morgan fingerprint density at radius 2 is 1.68 bits per heavy atom. The molecule has 2 aromatic rings. The van der Waals surface area contributed by atoms with Gasteiger partial charge in [0.05, 0.1) is 12.0 Å². The molecule has 9 heteroatoms. The van der Waals surface area contributed by atoms with Gasteiger partial charge in [-0.05, 0) is 38.0 Å².